The minimum absolute atomic E-state index is 0.148. The summed E-state index contributed by atoms with van der Waals surface area (Å²) in [6.45, 7) is 2.94. The topological polar surface area (TPSA) is 38.3 Å². The lowest BCUT2D eigenvalue weighted by Crippen LogP contribution is -2.56. The Morgan fingerprint density at radius 2 is 1.45 bits per heavy atom. The number of benzene rings is 3. The van der Waals surface area contributed by atoms with Gasteiger partial charge in [0.25, 0.3) is 5.60 Å². The van der Waals surface area contributed by atoms with E-state index >= 15 is 0 Å². The van der Waals surface area contributed by atoms with Crippen LogP contribution in [0.25, 0.3) is 0 Å². The fraction of sp³-hybridized carbons (Fsp3) is 0.419. The second-order valence-electron chi connectivity index (χ2n) is 11.2. The van der Waals surface area contributed by atoms with E-state index in [0.29, 0.717) is 37.2 Å². The van der Waals surface area contributed by atoms with Gasteiger partial charge in [-0.25, -0.2) is 13.2 Å². The summed E-state index contributed by atoms with van der Waals surface area (Å²) >= 11 is 0. The summed E-state index contributed by atoms with van der Waals surface area (Å²) in [6.07, 6.45) is -11.1. The molecular formula is C31H30F9NO2S. The first-order valence-electron chi connectivity index (χ1n) is 13.7. The van der Waals surface area contributed by atoms with Crippen molar-refractivity contribution in [1.29, 1.82) is 0 Å². The Morgan fingerprint density at radius 3 is 1.98 bits per heavy atom. The molecule has 240 valence electrons. The number of alkyl halides is 6. The molecule has 1 aliphatic rings. The molecule has 1 N–H and O–H groups in total. The standard InChI is InChI=1S/C31H30F9NO2S/c1-19(2)17-41-23-14-15-28(16-23,44(42)24-12-10-22(32)11-13-24)20-6-8-21(9-7-20)29(30(35,36)37,31(38,39)40)43-18-25-26(33)4-3-5-27(25)34/h3-13,19,23,41H,14-18H2,1-2H3. The van der Waals surface area contributed by atoms with Crippen LogP contribution < -0.4 is 5.32 Å². The summed E-state index contributed by atoms with van der Waals surface area (Å²) in [5, 5.41) is 3.36. The van der Waals surface area contributed by atoms with Crippen LogP contribution in [0.3, 0.4) is 0 Å². The fourth-order valence-electron chi connectivity index (χ4n) is 5.50. The van der Waals surface area contributed by atoms with Crippen LogP contribution in [0, 0.1) is 23.4 Å². The lowest BCUT2D eigenvalue weighted by molar-refractivity contribution is -0.392. The van der Waals surface area contributed by atoms with Gasteiger partial charge in [-0.05, 0) is 73.7 Å². The average molecular weight is 652 g/mol. The number of hydrogen-bond donors (Lipinski definition) is 1. The van der Waals surface area contributed by atoms with E-state index in [0.717, 1.165) is 30.3 Å². The van der Waals surface area contributed by atoms with Crippen LogP contribution in [0.15, 0.2) is 71.6 Å². The van der Waals surface area contributed by atoms with E-state index in [1.165, 1.54) is 12.1 Å². The van der Waals surface area contributed by atoms with Crippen molar-refractivity contribution in [3.05, 3.63) is 101 Å². The van der Waals surface area contributed by atoms with Gasteiger partial charge in [0.2, 0.25) is 0 Å². The molecule has 3 unspecified atom stereocenters. The third-order valence-electron chi connectivity index (χ3n) is 7.78. The van der Waals surface area contributed by atoms with Gasteiger partial charge in [0.15, 0.2) is 0 Å². The first kappa shape index (κ1) is 34.0. The lowest BCUT2D eigenvalue weighted by Gasteiger charge is -2.38. The predicted molar refractivity (Wildman–Crippen MR) is 146 cm³/mol. The summed E-state index contributed by atoms with van der Waals surface area (Å²) in [5.41, 5.74) is -7.18. The lowest BCUT2D eigenvalue weighted by atomic mass is 9.88. The van der Waals surface area contributed by atoms with E-state index in [1.54, 1.807) is 0 Å². The minimum Gasteiger partial charge on any atom is -0.349 e. The van der Waals surface area contributed by atoms with Crippen molar-refractivity contribution in [1.82, 2.24) is 5.32 Å². The molecule has 0 saturated heterocycles. The van der Waals surface area contributed by atoms with Crippen molar-refractivity contribution in [3.63, 3.8) is 0 Å². The maximum Gasteiger partial charge on any atom is 0.430 e. The summed E-state index contributed by atoms with van der Waals surface area (Å²) in [4.78, 5) is 0.246. The first-order valence-corrected chi connectivity index (χ1v) is 14.9. The highest BCUT2D eigenvalue weighted by atomic mass is 32.2. The smallest absolute Gasteiger partial charge is 0.349 e. The fourth-order valence-corrected chi connectivity index (χ4v) is 7.34. The van der Waals surface area contributed by atoms with Crippen molar-refractivity contribution in [2.24, 2.45) is 5.92 Å². The van der Waals surface area contributed by atoms with Crippen LogP contribution >= 0.6 is 0 Å². The van der Waals surface area contributed by atoms with Gasteiger partial charge in [-0.2, -0.15) is 26.3 Å². The molecule has 0 aliphatic heterocycles. The zero-order valence-corrected chi connectivity index (χ0v) is 24.5. The molecule has 4 rings (SSSR count). The van der Waals surface area contributed by atoms with Gasteiger partial charge in [0.05, 0.1) is 22.2 Å². The van der Waals surface area contributed by atoms with Gasteiger partial charge >= 0.3 is 12.4 Å². The maximum absolute atomic E-state index is 14.4. The predicted octanol–water partition coefficient (Wildman–Crippen LogP) is 8.44. The molecule has 44 heavy (non-hydrogen) atoms. The Hall–Kier alpha value is -2.90. The van der Waals surface area contributed by atoms with Gasteiger partial charge in [-0.15, -0.1) is 0 Å². The quantitative estimate of drug-likeness (QED) is 0.224. The molecule has 3 aromatic rings. The summed E-state index contributed by atoms with van der Waals surface area (Å²) in [6, 6.07) is 10.3. The largest absolute Gasteiger partial charge is 0.430 e. The molecule has 3 atom stereocenters. The SMILES string of the molecule is CC(C)CNC1CCC(c2ccc(C(OCc3c(F)cccc3F)(C(F)(F)F)C(F)(F)F)cc2)(S(=O)c2ccc(F)cc2)C1. The molecule has 0 bridgehead atoms. The van der Waals surface area contributed by atoms with Gasteiger partial charge in [-0.3, -0.25) is 4.21 Å². The third-order valence-corrected chi connectivity index (χ3v) is 9.80. The molecule has 1 fully saturated rings. The van der Waals surface area contributed by atoms with Crippen molar-refractivity contribution >= 4 is 10.8 Å². The molecule has 13 heteroatoms. The van der Waals surface area contributed by atoms with Gasteiger partial charge in [0, 0.05) is 22.1 Å². The highest BCUT2D eigenvalue weighted by Crippen LogP contribution is 2.54. The van der Waals surface area contributed by atoms with Gasteiger partial charge < -0.3 is 10.1 Å². The number of ether oxygens (including phenoxy) is 1. The number of rotatable bonds is 10. The molecule has 0 amide bonds. The van der Waals surface area contributed by atoms with Crippen molar-refractivity contribution in [2.45, 2.75) is 73.4 Å². The second-order valence-corrected chi connectivity index (χ2v) is 13.0. The Kier molecular flexibility index (Phi) is 9.92. The highest BCUT2D eigenvalue weighted by molar-refractivity contribution is 7.86. The third kappa shape index (κ3) is 6.55. The molecule has 0 spiro atoms. The van der Waals surface area contributed by atoms with E-state index in [-0.39, 0.29) is 35.3 Å². The number of hydrogen-bond acceptors (Lipinski definition) is 3. The van der Waals surface area contributed by atoms with Crippen LogP contribution in [0.4, 0.5) is 39.5 Å². The zero-order valence-electron chi connectivity index (χ0n) is 23.7. The zero-order chi connectivity index (χ0) is 32.5. The molecular weight excluding hydrogens is 621 g/mol. The Morgan fingerprint density at radius 1 is 0.886 bits per heavy atom. The van der Waals surface area contributed by atoms with E-state index in [9.17, 15) is 43.7 Å². The Balaban J connectivity index is 1.78. The van der Waals surface area contributed by atoms with Crippen molar-refractivity contribution in [3.8, 4) is 0 Å². The molecule has 0 aromatic heterocycles. The molecule has 3 nitrogen and oxygen atoms in total. The summed E-state index contributed by atoms with van der Waals surface area (Å²) < 4.78 is 145. The minimum atomic E-state index is -6.09. The van der Waals surface area contributed by atoms with Gasteiger partial charge in [0.1, 0.15) is 17.5 Å². The monoisotopic (exact) mass is 651 g/mol. The molecule has 0 heterocycles. The Labute approximate surface area is 251 Å². The van der Waals surface area contributed by atoms with Crippen LogP contribution in [0.5, 0.6) is 0 Å². The number of nitrogens with one attached hydrogen (secondary N) is 1. The first-order chi connectivity index (χ1) is 20.5. The van der Waals surface area contributed by atoms with Crippen molar-refractivity contribution in [2.75, 3.05) is 6.54 Å². The molecule has 3 aromatic carbocycles. The van der Waals surface area contributed by atoms with E-state index in [1.807, 2.05) is 13.8 Å². The molecule has 1 aliphatic carbocycles. The second kappa shape index (κ2) is 12.8. The van der Waals surface area contributed by atoms with Crippen LogP contribution in [0.2, 0.25) is 0 Å². The summed E-state index contributed by atoms with van der Waals surface area (Å²) in [5.74, 6) is -3.03. The highest BCUT2D eigenvalue weighted by Gasteiger charge is 2.73. The van der Waals surface area contributed by atoms with Crippen LogP contribution in [0.1, 0.15) is 49.8 Å². The van der Waals surface area contributed by atoms with Crippen LogP contribution in [-0.4, -0.2) is 29.1 Å². The van der Waals surface area contributed by atoms with Crippen molar-refractivity contribution < 1.29 is 48.5 Å². The maximum atomic E-state index is 14.4. The number of halogens is 9. The van der Waals surface area contributed by atoms with E-state index in [4.69, 9.17) is 0 Å². The average Bonchev–Trinajstić information content (AvgIpc) is 3.38. The van der Waals surface area contributed by atoms with Gasteiger partial charge in [-0.1, -0.05) is 44.2 Å². The molecule has 1 saturated carbocycles. The van der Waals surface area contributed by atoms with Crippen LogP contribution in [-0.2, 0) is 32.5 Å². The Bertz CT molecular complexity index is 1420. The van der Waals surface area contributed by atoms with E-state index < -0.39 is 68.7 Å². The van der Waals surface area contributed by atoms with E-state index in [2.05, 4.69) is 10.1 Å². The summed E-state index contributed by atoms with van der Waals surface area (Å²) in [7, 11) is -1.87. The normalized spacial score (nSPS) is 20.3. The molecule has 0 radical (unpaired) electrons.